The van der Waals surface area contributed by atoms with Crippen molar-refractivity contribution >= 4 is 0 Å². The van der Waals surface area contributed by atoms with Gasteiger partial charge in [-0.05, 0) is 49.4 Å². The predicted molar refractivity (Wildman–Crippen MR) is 70.9 cm³/mol. The van der Waals surface area contributed by atoms with Crippen molar-refractivity contribution in [1.82, 2.24) is 5.32 Å². The van der Waals surface area contributed by atoms with Crippen LogP contribution < -0.4 is 5.32 Å². The summed E-state index contributed by atoms with van der Waals surface area (Å²) in [7, 11) is 0. The maximum Gasteiger partial charge on any atom is 0.126 e. The Bertz CT molecular complexity index is 385. The molecule has 1 fully saturated rings. The molecule has 0 aliphatic carbocycles. The van der Waals surface area contributed by atoms with Crippen LogP contribution >= 0.6 is 0 Å². The zero-order valence-corrected chi connectivity index (χ0v) is 11.3. The molecule has 4 heteroatoms. The molecule has 0 saturated carbocycles. The van der Waals surface area contributed by atoms with Crippen molar-refractivity contribution in [3.05, 3.63) is 35.4 Å². The third-order valence-electron chi connectivity index (χ3n) is 3.52. The van der Waals surface area contributed by atoms with E-state index in [9.17, 15) is 8.78 Å². The van der Waals surface area contributed by atoms with Crippen molar-refractivity contribution < 1.29 is 13.5 Å². The summed E-state index contributed by atoms with van der Waals surface area (Å²) < 4.78 is 32.0. The Morgan fingerprint density at radius 3 is 2.63 bits per heavy atom. The number of rotatable bonds is 6. The zero-order chi connectivity index (χ0) is 13.7. The number of halogens is 2. The summed E-state index contributed by atoms with van der Waals surface area (Å²) in [6.45, 7) is 4.47. The Morgan fingerprint density at radius 1 is 1.32 bits per heavy atom. The molecular weight excluding hydrogens is 248 g/mol. The van der Waals surface area contributed by atoms with Crippen molar-refractivity contribution in [2.75, 3.05) is 19.8 Å². The third kappa shape index (κ3) is 4.25. The smallest absolute Gasteiger partial charge is 0.126 e. The lowest BCUT2D eigenvalue weighted by molar-refractivity contribution is 0.181. The fourth-order valence-corrected chi connectivity index (χ4v) is 2.53. The molecule has 0 amide bonds. The Balaban J connectivity index is 2.10. The Morgan fingerprint density at radius 2 is 2.05 bits per heavy atom. The van der Waals surface area contributed by atoms with Crippen LogP contribution in [-0.2, 0) is 4.74 Å². The first-order valence-electron chi connectivity index (χ1n) is 6.96. The van der Waals surface area contributed by atoms with Gasteiger partial charge in [-0.15, -0.1) is 0 Å². The molecule has 2 unspecified atom stereocenters. The van der Waals surface area contributed by atoms with Crippen LogP contribution in [0.25, 0.3) is 0 Å². The molecule has 0 spiro atoms. The van der Waals surface area contributed by atoms with Gasteiger partial charge >= 0.3 is 0 Å². The Hall–Kier alpha value is -1.00. The van der Waals surface area contributed by atoms with Crippen LogP contribution in [0.1, 0.15) is 37.8 Å². The first kappa shape index (κ1) is 14.4. The van der Waals surface area contributed by atoms with E-state index in [0.717, 1.165) is 45.1 Å². The Kier molecular flexibility index (Phi) is 5.28. The van der Waals surface area contributed by atoms with Gasteiger partial charge in [-0.3, -0.25) is 0 Å². The number of hydrogen-bond acceptors (Lipinski definition) is 2. The summed E-state index contributed by atoms with van der Waals surface area (Å²) in [5.41, 5.74) is 0.692. The van der Waals surface area contributed by atoms with Crippen LogP contribution in [-0.4, -0.2) is 19.8 Å². The first-order chi connectivity index (χ1) is 9.19. The fraction of sp³-hybridized carbons (Fsp3) is 0.600. The van der Waals surface area contributed by atoms with E-state index in [1.807, 2.05) is 0 Å². The van der Waals surface area contributed by atoms with Gasteiger partial charge in [0.05, 0.1) is 0 Å². The minimum atomic E-state index is -0.513. The molecule has 106 valence electrons. The Labute approximate surface area is 113 Å². The van der Waals surface area contributed by atoms with Gasteiger partial charge in [-0.25, -0.2) is 8.78 Å². The standard InChI is InChI=1S/C15H21F2NO/c1-2-4-18-15(6-11-3-5-19-10-11)12-7-13(16)9-14(17)8-12/h7-9,11,15,18H,2-6,10H2,1H3. The maximum atomic E-state index is 13.3. The van der Waals surface area contributed by atoms with Crippen LogP contribution in [0.15, 0.2) is 18.2 Å². The third-order valence-corrected chi connectivity index (χ3v) is 3.52. The van der Waals surface area contributed by atoms with Crippen LogP contribution in [0.4, 0.5) is 8.78 Å². The van der Waals surface area contributed by atoms with Crippen LogP contribution in [0.3, 0.4) is 0 Å². The zero-order valence-electron chi connectivity index (χ0n) is 11.3. The van der Waals surface area contributed by atoms with Gasteiger partial charge in [-0.2, -0.15) is 0 Å². The lowest BCUT2D eigenvalue weighted by atomic mass is 9.94. The molecule has 1 aromatic carbocycles. The van der Waals surface area contributed by atoms with E-state index in [-0.39, 0.29) is 6.04 Å². The predicted octanol–water partition coefficient (Wildman–Crippen LogP) is 3.43. The number of benzene rings is 1. The van der Waals surface area contributed by atoms with E-state index in [1.54, 1.807) is 0 Å². The van der Waals surface area contributed by atoms with Gasteiger partial charge in [-0.1, -0.05) is 6.92 Å². The van der Waals surface area contributed by atoms with Gasteiger partial charge in [0.2, 0.25) is 0 Å². The van der Waals surface area contributed by atoms with E-state index in [2.05, 4.69) is 12.2 Å². The summed E-state index contributed by atoms with van der Waals surface area (Å²) in [4.78, 5) is 0. The van der Waals surface area contributed by atoms with E-state index in [4.69, 9.17) is 4.74 Å². The second-order valence-electron chi connectivity index (χ2n) is 5.17. The summed E-state index contributed by atoms with van der Waals surface area (Å²) in [5.74, 6) is -0.553. The second kappa shape index (κ2) is 6.96. The molecule has 1 N–H and O–H groups in total. The summed E-state index contributed by atoms with van der Waals surface area (Å²) in [5, 5.41) is 3.38. The molecule has 1 aromatic rings. The number of nitrogens with one attached hydrogen (secondary N) is 1. The SMILES string of the molecule is CCCNC(CC1CCOC1)c1cc(F)cc(F)c1. The molecule has 0 radical (unpaired) electrons. The van der Waals surface area contributed by atoms with Crippen molar-refractivity contribution in [2.24, 2.45) is 5.92 Å². The minimum Gasteiger partial charge on any atom is -0.381 e. The van der Waals surface area contributed by atoms with Crippen LogP contribution in [0.5, 0.6) is 0 Å². The van der Waals surface area contributed by atoms with Gasteiger partial charge in [0.1, 0.15) is 11.6 Å². The number of ether oxygens (including phenoxy) is 1. The van der Waals surface area contributed by atoms with Crippen LogP contribution in [0.2, 0.25) is 0 Å². The molecule has 19 heavy (non-hydrogen) atoms. The maximum absolute atomic E-state index is 13.3. The molecule has 2 rings (SSSR count). The molecule has 1 saturated heterocycles. The van der Waals surface area contributed by atoms with Crippen molar-refractivity contribution in [3.63, 3.8) is 0 Å². The largest absolute Gasteiger partial charge is 0.381 e. The molecule has 1 aliphatic heterocycles. The molecule has 2 atom stereocenters. The highest BCUT2D eigenvalue weighted by Gasteiger charge is 2.22. The van der Waals surface area contributed by atoms with Gasteiger partial charge in [0, 0.05) is 25.3 Å². The minimum absolute atomic E-state index is 0.00292. The number of hydrogen-bond donors (Lipinski definition) is 1. The van der Waals surface area contributed by atoms with E-state index in [0.29, 0.717) is 11.5 Å². The normalized spacial score (nSPS) is 20.7. The van der Waals surface area contributed by atoms with Gasteiger partial charge in [0.25, 0.3) is 0 Å². The van der Waals surface area contributed by atoms with Crippen molar-refractivity contribution in [2.45, 2.75) is 32.2 Å². The van der Waals surface area contributed by atoms with Gasteiger partial charge in [0.15, 0.2) is 0 Å². The topological polar surface area (TPSA) is 21.3 Å². The summed E-state index contributed by atoms with van der Waals surface area (Å²) in [6.07, 6.45) is 2.89. The highest BCUT2D eigenvalue weighted by Crippen LogP contribution is 2.27. The van der Waals surface area contributed by atoms with E-state index in [1.165, 1.54) is 12.1 Å². The van der Waals surface area contributed by atoms with E-state index >= 15 is 0 Å². The second-order valence-corrected chi connectivity index (χ2v) is 5.17. The highest BCUT2D eigenvalue weighted by atomic mass is 19.1. The average molecular weight is 269 g/mol. The van der Waals surface area contributed by atoms with E-state index < -0.39 is 11.6 Å². The molecule has 0 aromatic heterocycles. The fourth-order valence-electron chi connectivity index (χ4n) is 2.53. The lowest BCUT2D eigenvalue weighted by Gasteiger charge is -2.22. The first-order valence-corrected chi connectivity index (χ1v) is 6.96. The molecular formula is C15H21F2NO. The average Bonchev–Trinajstić information content (AvgIpc) is 2.86. The monoisotopic (exact) mass is 269 g/mol. The molecule has 0 bridgehead atoms. The quantitative estimate of drug-likeness (QED) is 0.854. The van der Waals surface area contributed by atoms with Crippen LogP contribution in [0, 0.1) is 17.6 Å². The molecule has 2 nitrogen and oxygen atoms in total. The summed E-state index contributed by atoms with van der Waals surface area (Å²) in [6, 6.07) is 3.76. The van der Waals surface area contributed by atoms with Crippen molar-refractivity contribution in [1.29, 1.82) is 0 Å². The summed E-state index contributed by atoms with van der Waals surface area (Å²) >= 11 is 0. The molecule has 1 aliphatic rings. The highest BCUT2D eigenvalue weighted by molar-refractivity contribution is 5.21. The lowest BCUT2D eigenvalue weighted by Crippen LogP contribution is -2.25. The van der Waals surface area contributed by atoms with Crippen molar-refractivity contribution in [3.8, 4) is 0 Å². The molecule has 1 heterocycles. The van der Waals surface area contributed by atoms with Gasteiger partial charge < -0.3 is 10.1 Å².